The second-order valence-electron chi connectivity index (χ2n) is 16.5. The molecule has 0 saturated heterocycles. The molecule has 234 valence electrons. The molecule has 1 aliphatic rings. The molecule has 0 aliphatic carbocycles. The van der Waals surface area contributed by atoms with Crippen LogP contribution in [-0.2, 0) is 18.4 Å². The minimum atomic E-state index is -2.15. The van der Waals surface area contributed by atoms with E-state index >= 15 is 0 Å². The van der Waals surface area contributed by atoms with Crippen LogP contribution in [0.2, 0.25) is 36.3 Å². The highest BCUT2D eigenvalue weighted by molar-refractivity contribution is 6.74. The number of rotatable bonds is 5. The molecule has 0 spiro atoms. The van der Waals surface area contributed by atoms with Crippen molar-refractivity contribution in [1.29, 1.82) is 0 Å². The Morgan fingerprint density at radius 2 is 1.50 bits per heavy atom. The maximum atomic E-state index is 13.4. The molecular weight excluding hydrogens is 529 g/mol. The molecule has 0 radical (unpaired) electrons. The van der Waals surface area contributed by atoms with Gasteiger partial charge in [-0.05, 0) is 86.1 Å². The van der Waals surface area contributed by atoms with Gasteiger partial charge >= 0.3 is 5.97 Å². The molecule has 0 aromatic rings. The second kappa shape index (κ2) is 14.2. The molecule has 4 nitrogen and oxygen atoms in total. The van der Waals surface area contributed by atoms with Crippen LogP contribution in [0.15, 0.2) is 24.3 Å². The highest BCUT2D eigenvalue weighted by Crippen LogP contribution is 2.45. The Morgan fingerprint density at radius 3 is 2.00 bits per heavy atom. The van der Waals surface area contributed by atoms with Gasteiger partial charge in [-0.3, -0.25) is 4.79 Å². The molecule has 40 heavy (non-hydrogen) atoms. The number of hydrogen-bond donors (Lipinski definition) is 0. The van der Waals surface area contributed by atoms with Gasteiger partial charge in [0.2, 0.25) is 0 Å². The Kier molecular flexibility index (Phi) is 13.2. The summed E-state index contributed by atoms with van der Waals surface area (Å²) in [5, 5.41) is 0.193. The molecule has 0 fully saturated rings. The summed E-state index contributed by atoms with van der Waals surface area (Å²) in [6, 6.07) is 0. The largest absolute Gasteiger partial charge is 0.458 e. The average Bonchev–Trinajstić information content (AvgIpc) is 2.77. The van der Waals surface area contributed by atoms with Crippen molar-refractivity contribution < 1.29 is 18.4 Å². The van der Waals surface area contributed by atoms with Gasteiger partial charge in [0.15, 0.2) is 16.6 Å². The Labute approximate surface area is 251 Å². The number of carbonyl (C=O) groups excluding carboxylic acids is 1. The van der Waals surface area contributed by atoms with Crippen molar-refractivity contribution in [2.45, 2.75) is 169 Å². The Morgan fingerprint density at radius 1 is 0.975 bits per heavy atom. The summed E-state index contributed by atoms with van der Waals surface area (Å²) < 4.78 is 20.2. The zero-order valence-corrected chi connectivity index (χ0v) is 31.1. The molecule has 1 rings (SSSR count). The van der Waals surface area contributed by atoms with E-state index in [1.807, 2.05) is 0 Å². The average molecular weight is 595 g/mol. The van der Waals surface area contributed by atoms with E-state index < -0.39 is 16.6 Å². The van der Waals surface area contributed by atoms with Crippen molar-refractivity contribution in [3.63, 3.8) is 0 Å². The van der Waals surface area contributed by atoms with Gasteiger partial charge in [0, 0.05) is 6.42 Å². The first-order valence-corrected chi connectivity index (χ1v) is 21.6. The highest BCUT2D eigenvalue weighted by Gasteiger charge is 2.46. The van der Waals surface area contributed by atoms with Gasteiger partial charge in [0.1, 0.15) is 6.10 Å². The van der Waals surface area contributed by atoms with Crippen molar-refractivity contribution in [2.24, 2.45) is 17.3 Å². The normalized spacial score (nSPS) is 30.2. The lowest BCUT2D eigenvalue weighted by Crippen LogP contribution is -2.51. The summed E-state index contributed by atoms with van der Waals surface area (Å²) in [5.74, 6) is 0.576. The number of esters is 1. The van der Waals surface area contributed by atoms with Crippen molar-refractivity contribution >= 4 is 22.6 Å². The van der Waals surface area contributed by atoms with Crippen molar-refractivity contribution in [1.82, 2.24) is 0 Å². The van der Waals surface area contributed by atoms with Crippen LogP contribution in [0.3, 0.4) is 0 Å². The van der Waals surface area contributed by atoms with E-state index in [2.05, 4.69) is 115 Å². The van der Waals surface area contributed by atoms with Gasteiger partial charge in [-0.15, -0.1) is 0 Å². The Balaban J connectivity index is 3.55. The van der Waals surface area contributed by atoms with E-state index in [4.69, 9.17) is 13.6 Å². The van der Waals surface area contributed by atoms with E-state index in [-0.39, 0.29) is 46.2 Å². The van der Waals surface area contributed by atoms with Gasteiger partial charge in [0.25, 0.3) is 0 Å². The van der Waals surface area contributed by atoms with E-state index in [9.17, 15) is 4.79 Å². The van der Waals surface area contributed by atoms with Gasteiger partial charge in [-0.2, -0.15) is 0 Å². The fourth-order valence-electron chi connectivity index (χ4n) is 5.24. The van der Waals surface area contributed by atoms with E-state index in [0.29, 0.717) is 18.3 Å². The number of cyclic esters (lactones) is 1. The third-order valence-corrected chi connectivity index (χ3v) is 19.1. The van der Waals surface area contributed by atoms with Crippen LogP contribution in [0.25, 0.3) is 0 Å². The third kappa shape index (κ3) is 10.9. The van der Waals surface area contributed by atoms with E-state index in [1.165, 1.54) is 5.57 Å². The molecule has 1 heterocycles. The molecule has 5 atom stereocenters. The van der Waals surface area contributed by atoms with Gasteiger partial charge < -0.3 is 13.6 Å². The van der Waals surface area contributed by atoms with Crippen molar-refractivity contribution in [3.8, 4) is 0 Å². The third-order valence-electron chi connectivity index (χ3n) is 10.1. The molecule has 6 heteroatoms. The summed E-state index contributed by atoms with van der Waals surface area (Å²) in [6.45, 7) is 38.5. The minimum Gasteiger partial charge on any atom is -0.458 e. The summed E-state index contributed by atoms with van der Waals surface area (Å²) in [7, 11) is -4.13. The molecule has 0 aromatic heterocycles. The van der Waals surface area contributed by atoms with Crippen LogP contribution in [0.1, 0.15) is 115 Å². The standard InChI is InChI=1S/C34H66O4Si2/c1-17-28-22-21-25(2)19-18-20-26(3)31(38-40(15,16)33(8,9)10)27(4)24-34(11,12)29(23-30(35)36-28)37-39(13,14)32(5,6)7/h17,21,26-29,31H,1,18-20,22-24H2,2-16H3/b25-21-/t26-,27+,28?,29-,31?/m0/s1. The van der Waals surface area contributed by atoms with Crippen molar-refractivity contribution in [3.05, 3.63) is 24.3 Å². The molecule has 0 aromatic carbocycles. The van der Waals surface area contributed by atoms with Crippen LogP contribution in [0, 0.1) is 17.3 Å². The summed E-state index contributed by atoms with van der Waals surface area (Å²) in [6.07, 6.45) is 8.76. The first kappa shape index (κ1) is 37.3. The monoisotopic (exact) mass is 594 g/mol. The molecule has 0 saturated carbocycles. The van der Waals surface area contributed by atoms with Crippen LogP contribution < -0.4 is 0 Å². The lowest BCUT2D eigenvalue weighted by Gasteiger charge is -2.47. The van der Waals surface area contributed by atoms with Gasteiger partial charge in [-0.25, -0.2) is 0 Å². The van der Waals surface area contributed by atoms with Crippen LogP contribution in [0.4, 0.5) is 0 Å². The van der Waals surface area contributed by atoms with Crippen LogP contribution in [0.5, 0.6) is 0 Å². The predicted molar refractivity (Wildman–Crippen MR) is 178 cm³/mol. The predicted octanol–water partition coefficient (Wildman–Crippen LogP) is 10.5. The molecule has 0 bridgehead atoms. The highest BCUT2D eigenvalue weighted by atomic mass is 28.4. The summed E-state index contributed by atoms with van der Waals surface area (Å²) in [5.41, 5.74) is 1.11. The number of carbonyl (C=O) groups is 1. The number of ether oxygens (including phenoxy) is 1. The first-order valence-electron chi connectivity index (χ1n) is 15.8. The maximum Gasteiger partial charge on any atom is 0.308 e. The SMILES string of the molecule is C=CC1C/C=C(/C)CCC[C@H](C)C(O[Si](C)(C)C(C)(C)C)[C@H](C)CC(C)(C)[C@@H](O[Si](C)(C)C(C)(C)C)CC(=O)O1. The zero-order valence-electron chi connectivity index (χ0n) is 29.1. The quantitative estimate of drug-likeness (QED) is 0.180. The Hall–Kier alpha value is -0.696. The molecule has 2 unspecified atom stereocenters. The van der Waals surface area contributed by atoms with E-state index in [0.717, 1.165) is 25.7 Å². The maximum absolute atomic E-state index is 13.4. The summed E-state index contributed by atoms with van der Waals surface area (Å²) in [4.78, 5) is 13.4. The molecule has 0 amide bonds. The minimum absolute atomic E-state index is 0.0440. The lowest BCUT2D eigenvalue weighted by molar-refractivity contribution is -0.150. The topological polar surface area (TPSA) is 44.8 Å². The van der Waals surface area contributed by atoms with Crippen LogP contribution in [-0.4, -0.2) is 40.9 Å². The molecular formula is C34H66O4Si2. The molecule has 0 N–H and O–H groups in total. The molecule has 1 aliphatic heterocycles. The second-order valence-corrected chi connectivity index (χ2v) is 26.0. The summed E-state index contributed by atoms with van der Waals surface area (Å²) >= 11 is 0. The Bertz CT molecular complexity index is 860. The van der Waals surface area contributed by atoms with Crippen LogP contribution >= 0.6 is 0 Å². The number of allylic oxidation sites excluding steroid dienone is 1. The van der Waals surface area contributed by atoms with Crippen molar-refractivity contribution in [2.75, 3.05) is 0 Å². The lowest BCUT2D eigenvalue weighted by atomic mass is 9.74. The zero-order chi connectivity index (χ0) is 31.3. The smallest absolute Gasteiger partial charge is 0.308 e. The van der Waals surface area contributed by atoms with E-state index in [1.54, 1.807) is 6.08 Å². The fraction of sp³-hybridized carbons (Fsp3) is 0.853. The first-order chi connectivity index (χ1) is 17.9. The fourth-order valence-corrected chi connectivity index (χ4v) is 8.21. The van der Waals surface area contributed by atoms with Gasteiger partial charge in [-0.1, -0.05) is 93.5 Å². The van der Waals surface area contributed by atoms with Gasteiger partial charge in [0.05, 0.1) is 18.6 Å². The number of hydrogen-bond acceptors (Lipinski definition) is 4.